The van der Waals surface area contributed by atoms with Gasteiger partial charge in [0.1, 0.15) is 5.75 Å². The summed E-state index contributed by atoms with van der Waals surface area (Å²) < 4.78 is 5.33. The lowest BCUT2D eigenvalue weighted by Gasteiger charge is -2.08. The van der Waals surface area contributed by atoms with Gasteiger partial charge in [-0.15, -0.1) is 0 Å². The van der Waals surface area contributed by atoms with Gasteiger partial charge in [0.05, 0.1) is 7.11 Å². The van der Waals surface area contributed by atoms with E-state index in [2.05, 4.69) is 37.3 Å². The van der Waals surface area contributed by atoms with Crippen molar-refractivity contribution >= 4 is 0 Å². The quantitative estimate of drug-likeness (QED) is 0.724. The number of para-hydroxylation sites is 1. The lowest BCUT2D eigenvalue weighted by Crippen LogP contribution is -1.87. The van der Waals surface area contributed by atoms with Crippen LogP contribution in [0.1, 0.15) is 19.4 Å². The van der Waals surface area contributed by atoms with Crippen molar-refractivity contribution in [2.24, 2.45) is 0 Å². The van der Waals surface area contributed by atoms with E-state index in [-0.39, 0.29) is 0 Å². The molecule has 0 atom stereocenters. The Morgan fingerprint density at radius 1 is 0.824 bits per heavy atom. The van der Waals surface area contributed by atoms with E-state index in [9.17, 15) is 0 Å². The van der Waals surface area contributed by atoms with Gasteiger partial charge in [0.2, 0.25) is 0 Å². The average molecular weight is 228 g/mol. The monoisotopic (exact) mass is 228 g/mol. The summed E-state index contributed by atoms with van der Waals surface area (Å²) in [5, 5.41) is 0. The average Bonchev–Trinajstić information content (AvgIpc) is 2.42. The molecule has 0 heterocycles. The zero-order valence-corrected chi connectivity index (χ0v) is 11.0. The SMILES string of the molecule is CC.COc1ccccc1-c1ccc(C)cc1. The van der Waals surface area contributed by atoms with Crippen molar-refractivity contribution in [2.75, 3.05) is 7.11 Å². The number of benzene rings is 2. The lowest BCUT2D eigenvalue weighted by molar-refractivity contribution is 0.416. The van der Waals surface area contributed by atoms with Crippen molar-refractivity contribution in [3.63, 3.8) is 0 Å². The molecule has 0 N–H and O–H groups in total. The molecule has 0 aliphatic rings. The number of hydrogen-bond acceptors (Lipinski definition) is 1. The second kappa shape index (κ2) is 6.74. The Kier molecular flexibility index (Phi) is 5.28. The maximum Gasteiger partial charge on any atom is 0.126 e. The molecule has 0 unspecified atom stereocenters. The minimum Gasteiger partial charge on any atom is -0.496 e. The van der Waals surface area contributed by atoms with Crippen LogP contribution >= 0.6 is 0 Å². The first-order valence-electron chi connectivity index (χ1n) is 6.01. The van der Waals surface area contributed by atoms with Gasteiger partial charge in [-0.1, -0.05) is 61.9 Å². The molecule has 0 amide bonds. The highest BCUT2D eigenvalue weighted by molar-refractivity contribution is 5.70. The van der Waals surface area contributed by atoms with Gasteiger partial charge in [-0.05, 0) is 18.6 Å². The Bertz CT molecular complexity index is 443. The molecule has 90 valence electrons. The van der Waals surface area contributed by atoms with E-state index in [0.717, 1.165) is 11.3 Å². The van der Waals surface area contributed by atoms with Crippen LogP contribution in [0, 0.1) is 6.92 Å². The van der Waals surface area contributed by atoms with E-state index in [1.54, 1.807) is 7.11 Å². The summed E-state index contributed by atoms with van der Waals surface area (Å²) in [6, 6.07) is 16.5. The first-order chi connectivity index (χ1) is 8.31. The van der Waals surface area contributed by atoms with Crippen LogP contribution in [-0.4, -0.2) is 7.11 Å². The largest absolute Gasteiger partial charge is 0.496 e. The molecule has 1 heteroatoms. The topological polar surface area (TPSA) is 9.23 Å². The van der Waals surface area contributed by atoms with Crippen LogP contribution in [0.15, 0.2) is 48.5 Å². The molecule has 0 fully saturated rings. The maximum atomic E-state index is 5.33. The van der Waals surface area contributed by atoms with Crippen molar-refractivity contribution in [3.8, 4) is 16.9 Å². The fourth-order valence-electron chi connectivity index (χ4n) is 1.62. The molecular formula is C16H20O. The van der Waals surface area contributed by atoms with Crippen molar-refractivity contribution in [1.82, 2.24) is 0 Å². The van der Waals surface area contributed by atoms with Gasteiger partial charge in [-0.3, -0.25) is 0 Å². The molecule has 0 radical (unpaired) electrons. The fourth-order valence-corrected chi connectivity index (χ4v) is 1.62. The second-order valence-electron chi connectivity index (χ2n) is 3.57. The van der Waals surface area contributed by atoms with E-state index in [1.165, 1.54) is 11.1 Å². The molecule has 0 saturated heterocycles. The van der Waals surface area contributed by atoms with Gasteiger partial charge < -0.3 is 4.74 Å². The molecule has 2 aromatic carbocycles. The van der Waals surface area contributed by atoms with E-state index >= 15 is 0 Å². The van der Waals surface area contributed by atoms with Gasteiger partial charge in [-0.25, -0.2) is 0 Å². The molecule has 2 rings (SSSR count). The smallest absolute Gasteiger partial charge is 0.126 e. The first kappa shape index (κ1) is 13.3. The Hall–Kier alpha value is -1.76. The molecule has 0 spiro atoms. The van der Waals surface area contributed by atoms with E-state index in [0.29, 0.717) is 0 Å². The standard InChI is InChI=1S/C14H14O.C2H6/c1-11-7-9-12(10-8-11)13-5-3-4-6-14(13)15-2;1-2/h3-10H,1-2H3;1-2H3. The van der Waals surface area contributed by atoms with Crippen molar-refractivity contribution < 1.29 is 4.74 Å². The highest BCUT2D eigenvalue weighted by Crippen LogP contribution is 2.29. The van der Waals surface area contributed by atoms with Crippen LogP contribution in [0.25, 0.3) is 11.1 Å². The third-order valence-electron chi connectivity index (χ3n) is 2.47. The Morgan fingerprint density at radius 2 is 1.41 bits per heavy atom. The maximum absolute atomic E-state index is 5.33. The molecule has 0 aromatic heterocycles. The zero-order valence-electron chi connectivity index (χ0n) is 11.0. The summed E-state index contributed by atoms with van der Waals surface area (Å²) in [7, 11) is 1.70. The number of ether oxygens (including phenoxy) is 1. The van der Waals surface area contributed by atoms with Crippen molar-refractivity contribution in [3.05, 3.63) is 54.1 Å². The van der Waals surface area contributed by atoms with Crippen LogP contribution in [-0.2, 0) is 0 Å². The summed E-state index contributed by atoms with van der Waals surface area (Å²) in [5.41, 5.74) is 3.60. The van der Waals surface area contributed by atoms with Crippen LogP contribution < -0.4 is 4.74 Å². The second-order valence-corrected chi connectivity index (χ2v) is 3.57. The lowest BCUT2D eigenvalue weighted by atomic mass is 10.0. The summed E-state index contributed by atoms with van der Waals surface area (Å²) >= 11 is 0. The van der Waals surface area contributed by atoms with Gasteiger partial charge >= 0.3 is 0 Å². The predicted octanol–water partition coefficient (Wildman–Crippen LogP) is 4.70. The summed E-state index contributed by atoms with van der Waals surface area (Å²) in [4.78, 5) is 0. The van der Waals surface area contributed by atoms with Crippen LogP contribution in [0.5, 0.6) is 5.75 Å². The van der Waals surface area contributed by atoms with Crippen LogP contribution in [0.4, 0.5) is 0 Å². The van der Waals surface area contributed by atoms with E-state index in [4.69, 9.17) is 4.74 Å². The minimum atomic E-state index is 0.918. The van der Waals surface area contributed by atoms with Crippen LogP contribution in [0.2, 0.25) is 0 Å². The normalized spacial score (nSPS) is 9.18. The van der Waals surface area contributed by atoms with Gasteiger partial charge in [-0.2, -0.15) is 0 Å². The minimum absolute atomic E-state index is 0.918. The predicted molar refractivity (Wildman–Crippen MR) is 74.5 cm³/mol. The molecule has 0 aliphatic carbocycles. The molecule has 0 saturated carbocycles. The van der Waals surface area contributed by atoms with Gasteiger partial charge in [0.15, 0.2) is 0 Å². The number of rotatable bonds is 2. The van der Waals surface area contributed by atoms with Crippen molar-refractivity contribution in [1.29, 1.82) is 0 Å². The summed E-state index contributed by atoms with van der Waals surface area (Å²) in [6.07, 6.45) is 0. The number of hydrogen-bond donors (Lipinski definition) is 0. The molecule has 0 bridgehead atoms. The first-order valence-corrected chi connectivity index (χ1v) is 6.01. The molecule has 0 aliphatic heterocycles. The zero-order chi connectivity index (χ0) is 12.7. The van der Waals surface area contributed by atoms with Crippen molar-refractivity contribution in [2.45, 2.75) is 20.8 Å². The van der Waals surface area contributed by atoms with Gasteiger partial charge in [0, 0.05) is 5.56 Å². The molecule has 17 heavy (non-hydrogen) atoms. The Morgan fingerprint density at radius 3 is 2.00 bits per heavy atom. The third-order valence-corrected chi connectivity index (χ3v) is 2.47. The van der Waals surface area contributed by atoms with Gasteiger partial charge in [0.25, 0.3) is 0 Å². The molecule has 1 nitrogen and oxygen atoms in total. The molecule has 2 aromatic rings. The highest BCUT2D eigenvalue weighted by Gasteiger charge is 2.03. The number of methoxy groups -OCH3 is 1. The van der Waals surface area contributed by atoms with E-state index < -0.39 is 0 Å². The summed E-state index contributed by atoms with van der Waals surface area (Å²) in [6.45, 7) is 6.09. The Labute approximate surface area is 104 Å². The highest BCUT2D eigenvalue weighted by atomic mass is 16.5. The molecular weight excluding hydrogens is 208 g/mol. The summed E-state index contributed by atoms with van der Waals surface area (Å²) in [5.74, 6) is 0.918. The van der Waals surface area contributed by atoms with E-state index in [1.807, 2.05) is 32.0 Å². The Balaban J connectivity index is 0.000000686. The number of aryl methyl sites for hydroxylation is 1. The fraction of sp³-hybridized carbons (Fsp3) is 0.250. The third kappa shape index (κ3) is 3.35. The van der Waals surface area contributed by atoms with Crippen LogP contribution in [0.3, 0.4) is 0 Å².